The van der Waals surface area contributed by atoms with Gasteiger partial charge in [-0.25, -0.2) is 9.78 Å². The number of aliphatic hydroxyl groups is 1. The minimum absolute atomic E-state index is 0.118. The highest BCUT2D eigenvalue weighted by Crippen LogP contribution is 2.18. The van der Waals surface area contributed by atoms with Crippen molar-refractivity contribution in [1.29, 1.82) is 0 Å². The fourth-order valence-electron chi connectivity index (χ4n) is 2.57. The Balaban J connectivity index is 1.70. The summed E-state index contributed by atoms with van der Waals surface area (Å²) in [4.78, 5) is 17.5. The van der Waals surface area contributed by atoms with E-state index in [0.717, 1.165) is 22.7 Å². The molecule has 0 unspecified atom stereocenters. The average molecular weight is 347 g/mol. The molecule has 0 spiro atoms. The summed E-state index contributed by atoms with van der Waals surface area (Å²) < 4.78 is 0. The van der Waals surface area contributed by atoms with E-state index in [1.807, 2.05) is 51.1 Å². The lowest BCUT2D eigenvalue weighted by atomic mass is 10.0. The van der Waals surface area contributed by atoms with Gasteiger partial charge in [-0.3, -0.25) is 0 Å². The summed E-state index contributed by atoms with van der Waals surface area (Å²) in [7, 11) is 0. The van der Waals surface area contributed by atoms with Crippen molar-refractivity contribution in [3.63, 3.8) is 0 Å². The van der Waals surface area contributed by atoms with Crippen LogP contribution in [0.15, 0.2) is 30.3 Å². The molecule has 3 N–H and O–H groups in total. The fourth-order valence-corrected chi connectivity index (χ4v) is 3.51. The van der Waals surface area contributed by atoms with Crippen molar-refractivity contribution in [3.8, 4) is 0 Å². The molecule has 0 aliphatic rings. The van der Waals surface area contributed by atoms with Gasteiger partial charge in [0.1, 0.15) is 0 Å². The van der Waals surface area contributed by atoms with Crippen molar-refractivity contribution in [2.45, 2.75) is 45.8 Å². The van der Waals surface area contributed by atoms with Crippen LogP contribution in [0.3, 0.4) is 0 Å². The first kappa shape index (κ1) is 18.4. The molecule has 24 heavy (non-hydrogen) atoms. The van der Waals surface area contributed by atoms with Gasteiger partial charge >= 0.3 is 6.03 Å². The number of aromatic nitrogens is 1. The number of nitrogens with one attached hydrogen (secondary N) is 2. The highest BCUT2D eigenvalue weighted by molar-refractivity contribution is 7.11. The predicted molar refractivity (Wildman–Crippen MR) is 97.3 cm³/mol. The summed E-state index contributed by atoms with van der Waals surface area (Å²) in [5, 5.41) is 17.0. The van der Waals surface area contributed by atoms with Crippen molar-refractivity contribution in [2.75, 3.05) is 6.54 Å². The number of hydrogen-bond acceptors (Lipinski definition) is 4. The van der Waals surface area contributed by atoms with Crippen molar-refractivity contribution in [3.05, 3.63) is 51.5 Å². The molecule has 2 amide bonds. The van der Waals surface area contributed by atoms with E-state index in [-0.39, 0.29) is 12.1 Å². The van der Waals surface area contributed by atoms with Gasteiger partial charge in [0.05, 0.1) is 16.8 Å². The molecule has 0 bridgehead atoms. The Morgan fingerprint density at radius 3 is 2.62 bits per heavy atom. The molecule has 1 heterocycles. The van der Waals surface area contributed by atoms with Gasteiger partial charge in [0.15, 0.2) is 0 Å². The summed E-state index contributed by atoms with van der Waals surface area (Å²) in [5.74, 6) is 0. The van der Waals surface area contributed by atoms with Crippen LogP contribution in [-0.2, 0) is 6.42 Å². The molecule has 2 rings (SSSR count). The predicted octanol–water partition coefficient (Wildman–Crippen LogP) is 3.11. The number of carbonyl (C=O) groups is 1. The summed E-state index contributed by atoms with van der Waals surface area (Å²) >= 11 is 1.67. The molecule has 0 radical (unpaired) electrons. The van der Waals surface area contributed by atoms with Crippen LogP contribution >= 0.6 is 11.3 Å². The highest BCUT2D eigenvalue weighted by Gasteiger charge is 2.14. The minimum atomic E-state index is -0.579. The number of rotatable bonds is 7. The van der Waals surface area contributed by atoms with Gasteiger partial charge in [0.25, 0.3) is 0 Å². The topological polar surface area (TPSA) is 74.2 Å². The fraction of sp³-hybridized carbons (Fsp3) is 0.444. The summed E-state index contributed by atoms with van der Waals surface area (Å²) in [6, 6.07) is 9.15. The molecular weight excluding hydrogens is 322 g/mol. The van der Waals surface area contributed by atoms with Gasteiger partial charge in [0.2, 0.25) is 0 Å². The van der Waals surface area contributed by atoms with Gasteiger partial charge in [-0.05, 0) is 32.8 Å². The maximum atomic E-state index is 11.9. The normalized spacial score (nSPS) is 13.3. The molecule has 2 aromatic rings. The van der Waals surface area contributed by atoms with E-state index in [0.29, 0.717) is 13.0 Å². The zero-order valence-electron chi connectivity index (χ0n) is 14.4. The number of carbonyl (C=O) groups excluding carboxylic acids is 1. The monoisotopic (exact) mass is 347 g/mol. The third-order valence-corrected chi connectivity index (χ3v) is 4.91. The van der Waals surface area contributed by atoms with Gasteiger partial charge in [-0.2, -0.15) is 0 Å². The van der Waals surface area contributed by atoms with Crippen molar-refractivity contribution in [2.24, 2.45) is 0 Å². The maximum absolute atomic E-state index is 11.9. The average Bonchev–Trinajstić information content (AvgIpc) is 2.85. The van der Waals surface area contributed by atoms with E-state index in [1.165, 1.54) is 4.88 Å². The van der Waals surface area contributed by atoms with Crippen molar-refractivity contribution < 1.29 is 9.90 Å². The van der Waals surface area contributed by atoms with Crippen LogP contribution in [-0.4, -0.2) is 28.7 Å². The van der Waals surface area contributed by atoms with Crippen LogP contribution in [0, 0.1) is 13.8 Å². The molecule has 5 nitrogen and oxygen atoms in total. The lowest BCUT2D eigenvalue weighted by Crippen LogP contribution is -2.42. The first-order valence-electron chi connectivity index (χ1n) is 8.16. The number of aryl methyl sites for hydroxylation is 2. The molecule has 0 saturated carbocycles. The number of nitrogens with zero attached hydrogens (tertiary/aromatic N) is 1. The van der Waals surface area contributed by atoms with E-state index >= 15 is 0 Å². The quantitative estimate of drug-likeness (QED) is 0.720. The number of amides is 2. The van der Waals surface area contributed by atoms with Crippen molar-refractivity contribution >= 4 is 17.4 Å². The van der Waals surface area contributed by atoms with Crippen LogP contribution in [0.5, 0.6) is 0 Å². The van der Waals surface area contributed by atoms with Crippen LogP contribution in [0.4, 0.5) is 4.79 Å². The molecule has 1 aromatic heterocycles. The summed E-state index contributed by atoms with van der Waals surface area (Å²) in [6.07, 6.45) is 0.681. The summed E-state index contributed by atoms with van der Waals surface area (Å²) in [6.45, 7) is 6.44. The standard InChI is InChI=1S/C18H25N3O2S/c1-12(11-16(22)15-7-5-4-6-8-15)20-18(23)19-10-9-17-13(2)21-14(3)24-17/h4-8,12,16,22H,9-11H2,1-3H3,(H2,19,20,23)/t12-,16+/m0/s1. The zero-order chi connectivity index (χ0) is 17.5. The van der Waals surface area contributed by atoms with Crippen LogP contribution in [0.25, 0.3) is 0 Å². The van der Waals surface area contributed by atoms with Gasteiger partial charge in [0, 0.05) is 23.9 Å². The first-order valence-corrected chi connectivity index (χ1v) is 8.97. The van der Waals surface area contributed by atoms with E-state index in [1.54, 1.807) is 11.3 Å². The van der Waals surface area contributed by atoms with Crippen LogP contribution in [0.2, 0.25) is 0 Å². The number of urea groups is 1. The molecule has 0 aliphatic heterocycles. The third kappa shape index (κ3) is 5.62. The molecule has 6 heteroatoms. The number of benzene rings is 1. The van der Waals surface area contributed by atoms with Crippen molar-refractivity contribution in [1.82, 2.24) is 15.6 Å². The number of aliphatic hydroxyl groups excluding tert-OH is 1. The molecule has 1 aromatic carbocycles. The lowest BCUT2D eigenvalue weighted by molar-refractivity contribution is 0.154. The molecule has 130 valence electrons. The minimum Gasteiger partial charge on any atom is -0.388 e. The Kier molecular flexibility index (Phi) is 6.75. The molecule has 0 aliphatic carbocycles. The molecule has 0 saturated heterocycles. The largest absolute Gasteiger partial charge is 0.388 e. The Labute approximate surface area is 147 Å². The smallest absolute Gasteiger partial charge is 0.315 e. The van der Waals surface area contributed by atoms with Gasteiger partial charge < -0.3 is 15.7 Å². The number of thiazole rings is 1. The van der Waals surface area contributed by atoms with E-state index in [4.69, 9.17) is 0 Å². The number of hydrogen-bond donors (Lipinski definition) is 3. The Morgan fingerprint density at radius 1 is 1.29 bits per heavy atom. The van der Waals surface area contributed by atoms with E-state index in [2.05, 4.69) is 15.6 Å². The second kappa shape index (κ2) is 8.80. The Hall–Kier alpha value is -1.92. The molecular formula is C18H25N3O2S. The molecule has 2 atom stereocenters. The second-order valence-electron chi connectivity index (χ2n) is 5.95. The SMILES string of the molecule is Cc1nc(C)c(CCNC(=O)N[C@@H](C)C[C@@H](O)c2ccccc2)s1. The Bertz CT molecular complexity index is 658. The van der Waals surface area contributed by atoms with E-state index in [9.17, 15) is 9.90 Å². The zero-order valence-corrected chi connectivity index (χ0v) is 15.2. The molecule has 0 fully saturated rings. The van der Waals surface area contributed by atoms with Gasteiger partial charge in [-0.1, -0.05) is 30.3 Å². The lowest BCUT2D eigenvalue weighted by Gasteiger charge is -2.18. The highest BCUT2D eigenvalue weighted by atomic mass is 32.1. The third-order valence-electron chi connectivity index (χ3n) is 3.78. The Morgan fingerprint density at radius 2 is 2.00 bits per heavy atom. The van der Waals surface area contributed by atoms with Gasteiger partial charge in [-0.15, -0.1) is 11.3 Å². The summed E-state index contributed by atoms with van der Waals surface area (Å²) in [5.41, 5.74) is 1.90. The maximum Gasteiger partial charge on any atom is 0.315 e. The first-order chi connectivity index (χ1) is 11.5. The second-order valence-corrected chi connectivity index (χ2v) is 7.24. The van der Waals surface area contributed by atoms with Crippen LogP contribution in [0.1, 0.15) is 40.6 Å². The van der Waals surface area contributed by atoms with E-state index < -0.39 is 6.10 Å². The van der Waals surface area contributed by atoms with Crippen LogP contribution < -0.4 is 10.6 Å².